The maximum Gasteiger partial charge on any atom is 0.326 e. The van der Waals surface area contributed by atoms with Gasteiger partial charge in [-0.1, -0.05) is 0 Å². The lowest BCUT2D eigenvalue weighted by Crippen LogP contribution is -2.44. The van der Waals surface area contributed by atoms with E-state index in [1.165, 1.54) is 11.8 Å². The molecule has 0 spiro atoms. The van der Waals surface area contributed by atoms with Crippen LogP contribution in [0.3, 0.4) is 0 Å². The van der Waals surface area contributed by atoms with Crippen molar-refractivity contribution in [2.75, 3.05) is 37.8 Å². The highest BCUT2D eigenvalue weighted by Gasteiger charge is 2.37. The van der Waals surface area contributed by atoms with E-state index in [4.69, 9.17) is 9.84 Å². The molecule has 21 heavy (non-hydrogen) atoms. The molecule has 8 heteroatoms. The summed E-state index contributed by atoms with van der Waals surface area (Å²) < 4.78 is 5.17. The van der Waals surface area contributed by atoms with Crippen molar-refractivity contribution in [1.82, 2.24) is 10.2 Å². The van der Waals surface area contributed by atoms with E-state index in [0.717, 1.165) is 12.8 Å². The molecule has 1 aliphatic heterocycles. The van der Waals surface area contributed by atoms with E-state index in [0.29, 0.717) is 26.3 Å². The average Bonchev–Trinajstić information content (AvgIpc) is 3.30. The van der Waals surface area contributed by atoms with Crippen molar-refractivity contribution in [3.63, 3.8) is 0 Å². The third-order valence-corrected chi connectivity index (χ3v) is 4.42. The SMILES string of the molecule is O=C(CSCC(=O)N1CCOCC1)NC(C(=O)O)C1CC1. The highest BCUT2D eigenvalue weighted by Crippen LogP contribution is 2.32. The lowest BCUT2D eigenvalue weighted by atomic mass is 10.2. The molecule has 1 saturated heterocycles. The van der Waals surface area contributed by atoms with E-state index in [9.17, 15) is 14.4 Å². The van der Waals surface area contributed by atoms with Crippen molar-refractivity contribution >= 4 is 29.5 Å². The fraction of sp³-hybridized carbons (Fsp3) is 0.769. The topological polar surface area (TPSA) is 95.9 Å². The number of hydrogen-bond donors (Lipinski definition) is 2. The van der Waals surface area contributed by atoms with Crippen molar-refractivity contribution in [2.45, 2.75) is 18.9 Å². The highest BCUT2D eigenvalue weighted by molar-refractivity contribution is 8.00. The van der Waals surface area contributed by atoms with Gasteiger partial charge in [0, 0.05) is 13.1 Å². The predicted octanol–water partition coefficient (Wildman–Crippen LogP) is -0.442. The first-order valence-electron chi connectivity index (χ1n) is 7.03. The second-order valence-corrected chi connectivity index (χ2v) is 6.19. The fourth-order valence-electron chi connectivity index (χ4n) is 2.16. The number of morpholine rings is 1. The van der Waals surface area contributed by atoms with E-state index in [2.05, 4.69) is 5.32 Å². The molecule has 0 aromatic heterocycles. The van der Waals surface area contributed by atoms with Crippen molar-refractivity contribution < 1.29 is 24.2 Å². The lowest BCUT2D eigenvalue weighted by Gasteiger charge is -2.26. The first-order valence-corrected chi connectivity index (χ1v) is 8.19. The summed E-state index contributed by atoms with van der Waals surface area (Å²) in [5.74, 6) is -0.921. The number of carbonyl (C=O) groups excluding carboxylic acids is 2. The molecule has 0 aromatic carbocycles. The van der Waals surface area contributed by atoms with Gasteiger partial charge in [-0.2, -0.15) is 0 Å². The number of amides is 2. The molecule has 1 heterocycles. The number of nitrogens with zero attached hydrogens (tertiary/aromatic N) is 1. The molecule has 0 radical (unpaired) electrons. The number of nitrogens with one attached hydrogen (secondary N) is 1. The van der Waals surface area contributed by atoms with Crippen molar-refractivity contribution in [3.05, 3.63) is 0 Å². The molecule has 118 valence electrons. The Morgan fingerprint density at radius 3 is 2.48 bits per heavy atom. The largest absolute Gasteiger partial charge is 0.480 e. The Labute approximate surface area is 127 Å². The van der Waals surface area contributed by atoms with Crippen LogP contribution in [0.4, 0.5) is 0 Å². The molecule has 2 fully saturated rings. The van der Waals surface area contributed by atoms with Crippen molar-refractivity contribution in [1.29, 1.82) is 0 Å². The number of carboxylic acids is 1. The monoisotopic (exact) mass is 316 g/mol. The minimum atomic E-state index is -0.986. The molecule has 7 nitrogen and oxygen atoms in total. The highest BCUT2D eigenvalue weighted by atomic mass is 32.2. The predicted molar refractivity (Wildman–Crippen MR) is 77.0 cm³/mol. The van der Waals surface area contributed by atoms with Crippen LogP contribution in [-0.2, 0) is 19.1 Å². The van der Waals surface area contributed by atoms with Crippen LogP contribution < -0.4 is 5.32 Å². The van der Waals surface area contributed by atoms with Gasteiger partial charge in [0.05, 0.1) is 24.7 Å². The Bertz CT molecular complexity index is 407. The maximum atomic E-state index is 11.9. The zero-order valence-electron chi connectivity index (χ0n) is 11.7. The summed E-state index contributed by atoms with van der Waals surface area (Å²) in [4.78, 5) is 36.3. The molecule has 2 aliphatic rings. The third-order valence-electron chi connectivity index (χ3n) is 3.50. The van der Waals surface area contributed by atoms with Crippen LogP contribution in [0.25, 0.3) is 0 Å². The van der Waals surface area contributed by atoms with Crippen molar-refractivity contribution in [2.24, 2.45) is 5.92 Å². The van der Waals surface area contributed by atoms with Gasteiger partial charge >= 0.3 is 5.97 Å². The van der Waals surface area contributed by atoms with Crippen LogP contribution in [0.1, 0.15) is 12.8 Å². The van der Waals surface area contributed by atoms with Crippen LogP contribution >= 0.6 is 11.8 Å². The van der Waals surface area contributed by atoms with Crippen LogP contribution in [0.15, 0.2) is 0 Å². The minimum absolute atomic E-state index is 0.00641. The smallest absolute Gasteiger partial charge is 0.326 e. The zero-order valence-corrected chi connectivity index (χ0v) is 12.6. The average molecular weight is 316 g/mol. The van der Waals surface area contributed by atoms with Gasteiger partial charge < -0.3 is 20.1 Å². The summed E-state index contributed by atoms with van der Waals surface area (Å²) in [7, 11) is 0. The number of thioether (sulfide) groups is 1. The van der Waals surface area contributed by atoms with Crippen molar-refractivity contribution in [3.8, 4) is 0 Å². The Morgan fingerprint density at radius 2 is 1.90 bits per heavy atom. The molecule has 0 aromatic rings. The fourth-order valence-corrected chi connectivity index (χ4v) is 2.89. The number of carboxylic acid groups (broad SMARTS) is 1. The molecule has 1 atom stereocenters. The number of rotatable bonds is 7. The Balaban J connectivity index is 1.64. The molecular formula is C13H20N2O5S. The van der Waals surface area contributed by atoms with Crippen LogP contribution in [-0.4, -0.2) is 71.6 Å². The normalized spacial score (nSPS) is 19.9. The summed E-state index contributed by atoms with van der Waals surface area (Å²) in [6.07, 6.45) is 1.69. The van der Waals surface area contributed by atoms with Gasteiger partial charge in [-0.3, -0.25) is 9.59 Å². The Morgan fingerprint density at radius 1 is 1.24 bits per heavy atom. The molecule has 2 rings (SSSR count). The molecule has 1 unspecified atom stereocenters. The first kappa shape index (κ1) is 16.1. The van der Waals surface area contributed by atoms with E-state index < -0.39 is 12.0 Å². The van der Waals surface area contributed by atoms with Crippen LogP contribution in [0, 0.1) is 5.92 Å². The second kappa shape index (κ2) is 7.65. The van der Waals surface area contributed by atoms with E-state index >= 15 is 0 Å². The minimum Gasteiger partial charge on any atom is -0.480 e. The molecule has 0 bridgehead atoms. The van der Waals surface area contributed by atoms with Gasteiger partial charge in [0.1, 0.15) is 6.04 Å². The number of ether oxygens (including phenoxy) is 1. The second-order valence-electron chi connectivity index (χ2n) is 5.21. The van der Waals surface area contributed by atoms with Gasteiger partial charge in [-0.15, -0.1) is 11.8 Å². The Hall–Kier alpha value is -1.28. The third kappa shape index (κ3) is 5.20. The van der Waals surface area contributed by atoms with Gasteiger partial charge in [0.15, 0.2) is 0 Å². The van der Waals surface area contributed by atoms with Gasteiger partial charge in [0.2, 0.25) is 11.8 Å². The van der Waals surface area contributed by atoms with E-state index in [1.807, 2.05) is 0 Å². The molecule has 1 saturated carbocycles. The first-order chi connectivity index (χ1) is 10.1. The molecule has 1 aliphatic carbocycles. The molecule has 2 amide bonds. The van der Waals surface area contributed by atoms with Crippen LogP contribution in [0.5, 0.6) is 0 Å². The van der Waals surface area contributed by atoms with E-state index in [1.54, 1.807) is 4.90 Å². The van der Waals surface area contributed by atoms with Gasteiger partial charge in [-0.05, 0) is 18.8 Å². The summed E-state index contributed by atoms with van der Waals surface area (Å²) in [6, 6.07) is -0.784. The van der Waals surface area contributed by atoms with Gasteiger partial charge in [-0.25, -0.2) is 4.79 Å². The molecular weight excluding hydrogens is 296 g/mol. The quantitative estimate of drug-likeness (QED) is 0.661. The number of carbonyl (C=O) groups is 3. The summed E-state index contributed by atoms with van der Waals surface area (Å²) in [6.45, 7) is 2.29. The van der Waals surface area contributed by atoms with Gasteiger partial charge in [0.25, 0.3) is 0 Å². The lowest BCUT2D eigenvalue weighted by molar-refractivity contribution is -0.142. The standard InChI is InChI=1S/C13H20N2O5S/c16-10(14-12(13(18)19)9-1-2-9)7-21-8-11(17)15-3-5-20-6-4-15/h9,12H,1-8H2,(H,14,16)(H,18,19). The van der Waals surface area contributed by atoms with E-state index in [-0.39, 0.29) is 29.2 Å². The summed E-state index contributed by atoms with van der Waals surface area (Å²) in [5.41, 5.74) is 0. The molecule has 2 N–H and O–H groups in total. The summed E-state index contributed by atoms with van der Waals surface area (Å²) in [5, 5.41) is 11.5. The maximum absolute atomic E-state index is 11.9. The summed E-state index contributed by atoms with van der Waals surface area (Å²) >= 11 is 1.21. The van der Waals surface area contributed by atoms with Crippen LogP contribution in [0.2, 0.25) is 0 Å². The zero-order chi connectivity index (χ0) is 15.2. The number of aliphatic carboxylic acids is 1. The number of hydrogen-bond acceptors (Lipinski definition) is 5. The Kier molecular flexibility index (Phi) is 5.86.